The van der Waals surface area contributed by atoms with Crippen molar-refractivity contribution >= 4 is 23.2 Å². The van der Waals surface area contributed by atoms with E-state index in [1.54, 1.807) is 11.3 Å². The lowest BCUT2D eigenvalue weighted by molar-refractivity contribution is -0.125. The molecule has 4 nitrogen and oxygen atoms in total. The highest BCUT2D eigenvalue weighted by molar-refractivity contribution is 7.14. The molecule has 0 spiro atoms. The fourth-order valence-corrected chi connectivity index (χ4v) is 4.78. The fraction of sp³-hybridized carbons (Fsp3) is 0.667. The van der Waals surface area contributed by atoms with Gasteiger partial charge >= 0.3 is 0 Å². The number of amides is 2. The van der Waals surface area contributed by atoms with Crippen molar-refractivity contribution in [2.45, 2.75) is 51.9 Å². The van der Waals surface area contributed by atoms with Gasteiger partial charge in [-0.2, -0.15) is 0 Å². The first-order chi connectivity index (χ1) is 11.2. The first-order valence-electron chi connectivity index (χ1n) is 8.87. The van der Waals surface area contributed by atoms with Crippen molar-refractivity contribution in [2.75, 3.05) is 19.6 Å². The fourth-order valence-electron chi connectivity index (χ4n) is 3.60. The summed E-state index contributed by atoms with van der Waals surface area (Å²) in [6.07, 6.45) is 7.32. The van der Waals surface area contributed by atoms with Crippen molar-refractivity contribution in [3.8, 4) is 0 Å². The van der Waals surface area contributed by atoms with Gasteiger partial charge in [-0.1, -0.05) is 12.8 Å². The van der Waals surface area contributed by atoms with Crippen LogP contribution in [0.25, 0.3) is 0 Å². The lowest BCUT2D eigenvalue weighted by Gasteiger charge is -2.20. The van der Waals surface area contributed by atoms with Gasteiger partial charge in [-0.25, -0.2) is 0 Å². The van der Waals surface area contributed by atoms with Crippen LogP contribution in [0.5, 0.6) is 0 Å². The summed E-state index contributed by atoms with van der Waals surface area (Å²) in [6, 6.07) is 2.05. The third kappa shape index (κ3) is 3.77. The molecule has 1 fully saturated rings. The molecule has 1 atom stereocenters. The number of aryl methyl sites for hydroxylation is 1. The molecule has 0 unspecified atom stereocenters. The maximum Gasteiger partial charge on any atom is 0.263 e. The van der Waals surface area contributed by atoms with E-state index in [9.17, 15) is 9.59 Å². The number of carbonyl (C=O) groups excluding carboxylic acids is 2. The molecule has 0 bridgehead atoms. The molecule has 0 aromatic carbocycles. The number of likely N-dealkylation sites (tertiary alicyclic amines) is 1. The number of fused-ring (bicyclic) bond motifs is 1. The molecule has 1 aromatic heterocycles. The minimum Gasteiger partial charge on any atom is -0.356 e. The first kappa shape index (κ1) is 16.5. The highest BCUT2D eigenvalue weighted by Crippen LogP contribution is 2.33. The van der Waals surface area contributed by atoms with Gasteiger partial charge in [0.1, 0.15) is 0 Å². The van der Waals surface area contributed by atoms with E-state index >= 15 is 0 Å². The van der Waals surface area contributed by atoms with Crippen molar-refractivity contribution in [3.63, 3.8) is 0 Å². The molecule has 2 amide bonds. The summed E-state index contributed by atoms with van der Waals surface area (Å²) in [5.74, 6) is 0.420. The standard InChI is InChI=1S/C18H26N2O2S/c1-2-19-17(21)13-7-8-15-14(11-13)12-16(23-15)18(22)20-9-5-3-4-6-10-20/h12-13H,2-11H2,1H3,(H,19,21)/t13-/m0/s1. The van der Waals surface area contributed by atoms with Crippen molar-refractivity contribution in [2.24, 2.45) is 5.92 Å². The quantitative estimate of drug-likeness (QED) is 0.924. The number of hydrogen-bond donors (Lipinski definition) is 1. The van der Waals surface area contributed by atoms with Crippen LogP contribution < -0.4 is 5.32 Å². The molecular formula is C18H26N2O2S. The molecule has 0 saturated carbocycles. The first-order valence-corrected chi connectivity index (χ1v) is 9.69. The maximum atomic E-state index is 12.7. The van der Waals surface area contributed by atoms with Crippen molar-refractivity contribution in [1.82, 2.24) is 10.2 Å². The lowest BCUT2D eigenvalue weighted by Crippen LogP contribution is -2.33. The van der Waals surface area contributed by atoms with Gasteiger partial charge in [-0.15, -0.1) is 11.3 Å². The van der Waals surface area contributed by atoms with Crippen molar-refractivity contribution in [1.29, 1.82) is 0 Å². The van der Waals surface area contributed by atoms with E-state index in [2.05, 4.69) is 11.4 Å². The summed E-state index contributed by atoms with van der Waals surface area (Å²) in [6.45, 7) is 4.42. The smallest absolute Gasteiger partial charge is 0.263 e. The van der Waals surface area contributed by atoms with Crippen LogP contribution in [0.4, 0.5) is 0 Å². The highest BCUT2D eigenvalue weighted by Gasteiger charge is 2.28. The van der Waals surface area contributed by atoms with E-state index in [0.29, 0.717) is 6.54 Å². The molecule has 1 aliphatic heterocycles. The molecule has 1 saturated heterocycles. The summed E-state index contributed by atoms with van der Waals surface area (Å²) in [7, 11) is 0. The van der Waals surface area contributed by atoms with Gasteiger partial charge in [0.05, 0.1) is 4.88 Å². The van der Waals surface area contributed by atoms with Gasteiger partial charge in [-0.3, -0.25) is 9.59 Å². The summed E-state index contributed by atoms with van der Waals surface area (Å²) < 4.78 is 0. The minimum absolute atomic E-state index is 0.0678. The number of thiophene rings is 1. The van der Waals surface area contributed by atoms with Crippen LogP contribution >= 0.6 is 11.3 Å². The van der Waals surface area contributed by atoms with E-state index in [1.165, 1.54) is 23.3 Å². The molecule has 2 aliphatic rings. The maximum absolute atomic E-state index is 12.7. The van der Waals surface area contributed by atoms with Crippen LogP contribution in [0.2, 0.25) is 0 Å². The van der Waals surface area contributed by atoms with Gasteiger partial charge in [0.15, 0.2) is 0 Å². The summed E-state index contributed by atoms with van der Waals surface area (Å²) in [5, 5.41) is 2.92. The number of nitrogens with one attached hydrogen (secondary N) is 1. The van der Waals surface area contributed by atoms with Crippen LogP contribution in [-0.2, 0) is 17.6 Å². The van der Waals surface area contributed by atoms with E-state index in [4.69, 9.17) is 0 Å². The minimum atomic E-state index is 0.0678. The van der Waals surface area contributed by atoms with Gasteiger partial charge in [0.2, 0.25) is 5.91 Å². The molecule has 1 N–H and O–H groups in total. The Morgan fingerprint density at radius 2 is 2.00 bits per heavy atom. The van der Waals surface area contributed by atoms with Crippen LogP contribution in [0.15, 0.2) is 6.07 Å². The predicted octanol–water partition coefficient (Wildman–Crippen LogP) is 3.01. The zero-order valence-corrected chi connectivity index (χ0v) is 14.7. The van der Waals surface area contributed by atoms with E-state index in [0.717, 1.165) is 50.1 Å². The molecule has 1 aliphatic carbocycles. The molecule has 1 aromatic rings. The van der Waals surface area contributed by atoms with Gasteiger partial charge in [-0.05, 0) is 50.7 Å². The molecule has 5 heteroatoms. The monoisotopic (exact) mass is 334 g/mol. The predicted molar refractivity (Wildman–Crippen MR) is 92.9 cm³/mol. The third-order valence-corrected chi connectivity index (χ3v) is 6.13. The zero-order chi connectivity index (χ0) is 16.2. The topological polar surface area (TPSA) is 49.4 Å². The van der Waals surface area contributed by atoms with Crippen LogP contribution in [-0.4, -0.2) is 36.3 Å². The summed E-state index contributed by atoms with van der Waals surface area (Å²) in [4.78, 5) is 29.0. The van der Waals surface area contributed by atoms with Crippen LogP contribution in [0.1, 0.15) is 59.1 Å². The van der Waals surface area contributed by atoms with Gasteiger partial charge < -0.3 is 10.2 Å². The van der Waals surface area contributed by atoms with Crippen LogP contribution in [0, 0.1) is 5.92 Å². The SMILES string of the molecule is CCNC(=O)[C@H]1CCc2sc(C(=O)N3CCCCCC3)cc2C1. The second-order valence-electron chi connectivity index (χ2n) is 6.60. The zero-order valence-electron chi connectivity index (χ0n) is 13.9. The largest absolute Gasteiger partial charge is 0.356 e. The highest BCUT2D eigenvalue weighted by atomic mass is 32.1. The molecule has 0 radical (unpaired) electrons. The van der Waals surface area contributed by atoms with Crippen molar-refractivity contribution < 1.29 is 9.59 Å². The Kier molecular flexibility index (Phi) is 5.36. The summed E-state index contributed by atoms with van der Waals surface area (Å²) >= 11 is 1.65. The number of rotatable bonds is 3. The Balaban J connectivity index is 1.70. The average molecular weight is 334 g/mol. The normalized spacial score (nSPS) is 21.4. The van der Waals surface area contributed by atoms with Gasteiger partial charge in [0, 0.05) is 30.4 Å². The Bertz CT molecular complexity index is 574. The number of nitrogens with zero attached hydrogens (tertiary/aromatic N) is 1. The molecule has 126 valence electrons. The average Bonchev–Trinajstić information content (AvgIpc) is 2.79. The van der Waals surface area contributed by atoms with Crippen LogP contribution in [0.3, 0.4) is 0 Å². The third-order valence-electron chi connectivity index (χ3n) is 4.91. The number of carbonyl (C=O) groups is 2. The Labute approximate surface area is 142 Å². The summed E-state index contributed by atoms with van der Waals surface area (Å²) in [5.41, 5.74) is 1.22. The van der Waals surface area contributed by atoms with E-state index in [1.807, 2.05) is 11.8 Å². The Hall–Kier alpha value is -1.36. The van der Waals surface area contributed by atoms with E-state index in [-0.39, 0.29) is 17.7 Å². The Morgan fingerprint density at radius 1 is 1.26 bits per heavy atom. The molecule has 23 heavy (non-hydrogen) atoms. The molecule has 2 heterocycles. The van der Waals surface area contributed by atoms with Crippen molar-refractivity contribution in [3.05, 3.63) is 21.4 Å². The molecular weight excluding hydrogens is 308 g/mol. The molecule has 3 rings (SSSR count). The van der Waals surface area contributed by atoms with E-state index < -0.39 is 0 Å². The second kappa shape index (κ2) is 7.47. The second-order valence-corrected chi connectivity index (χ2v) is 7.74. The number of hydrogen-bond acceptors (Lipinski definition) is 3. The lowest BCUT2D eigenvalue weighted by atomic mass is 9.88. The Morgan fingerprint density at radius 3 is 2.70 bits per heavy atom. The van der Waals surface area contributed by atoms with Gasteiger partial charge in [0.25, 0.3) is 5.91 Å².